The third-order valence-electron chi connectivity index (χ3n) is 4.65. The monoisotopic (exact) mass is 328 g/mol. The molecule has 4 rings (SSSR count). The predicted octanol–water partition coefficient (Wildman–Crippen LogP) is 2.26. The average Bonchev–Trinajstić information content (AvgIpc) is 3.38. The minimum atomic E-state index is 0.119. The Balaban J connectivity index is 1.48. The summed E-state index contributed by atoms with van der Waals surface area (Å²) in [5.41, 5.74) is 0.785. The molecule has 0 unspecified atom stereocenters. The molecule has 1 saturated heterocycles. The van der Waals surface area contributed by atoms with Crippen LogP contribution in [0.25, 0.3) is 11.4 Å². The zero-order valence-corrected chi connectivity index (χ0v) is 13.6. The SMILES string of the molecule is COc1ccc(-c2noc([C@@H]3CCCN(C(=O)C4CC4)C3)n2)cn1. The minimum Gasteiger partial charge on any atom is -0.481 e. The van der Waals surface area contributed by atoms with Gasteiger partial charge in [-0.25, -0.2) is 4.98 Å². The summed E-state index contributed by atoms with van der Waals surface area (Å²) in [4.78, 5) is 22.9. The first-order valence-corrected chi connectivity index (χ1v) is 8.37. The van der Waals surface area contributed by atoms with Crippen LogP contribution < -0.4 is 4.74 Å². The van der Waals surface area contributed by atoms with Crippen LogP contribution in [0.3, 0.4) is 0 Å². The number of methoxy groups -OCH3 is 1. The number of carbonyl (C=O) groups is 1. The average molecular weight is 328 g/mol. The molecule has 0 radical (unpaired) electrons. The van der Waals surface area contributed by atoms with E-state index in [1.165, 1.54) is 0 Å². The van der Waals surface area contributed by atoms with E-state index < -0.39 is 0 Å². The maximum Gasteiger partial charge on any atom is 0.231 e. The van der Waals surface area contributed by atoms with Crippen molar-refractivity contribution in [2.45, 2.75) is 31.6 Å². The number of hydrogen-bond donors (Lipinski definition) is 0. The van der Waals surface area contributed by atoms with Gasteiger partial charge in [0.15, 0.2) is 0 Å². The standard InChI is InChI=1S/C17H20N4O3/c1-23-14-7-6-12(9-18-14)15-19-16(24-20-15)13-3-2-8-21(10-13)17(22)11-4-5-11/h6-7,9,11,13H,2-5,8,10H2,1H3/t13-/m1/s1. The zero-order valence-electron chi connectivity index (χ0n) is 13.6. The number of pyridine rings is 1. The van der Waals surface area contributed by atoms with E-state index in [1.807, 2.05) is 11.0 Å². The largest absolute Gasteiger partial charge is 0.481 e. The Morgan fingerprint density at radius 3 is 2.92 bits per heavy atom. The lowest BCUT2D eigenvalue weighted by molar-refractivity contribution is -0.133. The summed E-state index contributed by atoms with van der Waals surface area (Å²) < 4.78 is 10.5. The molecule has 1 aliphatic carbocycles. The van der Waals surface area contributed by atoms with Gasteiger partial charge >= 0.3 is 0 Å². The van der Waals surface area contributed by atoms with E-state index in [2.05, 4.69) is 15.1 Å². The molecule has 0 bridgehead atoms. The van der Waals surface area contributed by atoms with Crippen LogP contribution in [0, 0.1) is 5.92 Å². The molecule has 3 heterocycles. The van der Waals surface area contributed by atoms with Gasteiger partial charge in [0.05, 0.1) is 13.0 Å². The zero-order chi connectivity index (χ0) is 16.5. The Labute approximate surface area is 140 Å². The van der Waals surface area contributed by atoms with Crippen LogP contribution in [0.2, 0.25) is 0 Å². The molecule has 1 saturated carbocycles. The molecule has 2 aromatic rings. The van der Waals surface area contributed by atoms with Crippen molar-refractivity contribution in [3.8, 4) is 17.3 Å². The summed E-state index contributed by atoms with van der Waals surface area (Å²) >= 11 is 0. The van der Waals surface area contributed by atoms with Gasteiger partial charge in [-0.2, -0.15) is 4.98 Å². The number of aromatic nitrogens is 3. The fourth-order valence-corrected chi connectivity index (χ4v) is 3.12. The third kappa shape index (κ3) is 2.98. The number of piperidine rings is 1. The van der Waals surface area contributed by atoms with Crippen LogP contribution in [0.1, 0.15) is 37.5 Å². The first kappa shape index (κ1) is 15.1. The highest BCUT2D eigenvalue weighted by Crippen LogP contribution is 2.34. The van der Waals surface area contributed by atoms with Gasteiger partial charge in [0, 0.05) is 36.8 Å². The molecule has 1 aliphatic heterocycles. The molecule has 24 heavy (non-hydrogen) atoms. The van der Waals surface area contributed by atoms with Crippen molar-refractivity contribution >= 4 is 5.91 Å². The van der Waals surface area contributed by atoms with Gasteiger partial charge in [-0.15, -0.1) is 0 Å². The number of amides is 1. The molecule has 126 valence electrons. The molecule has 7 heteroatoms. The first-order valence-electron chi connectivity index (χ1n) is 8.37. The molecule has 7 nitrogen and oxygen atoms in total. The first-order chi connectivity index (χ1) is 11.7. The number of likely N-dealkylation sites (tertiary alicyclic amines) is 1. The quantitative estimate of drug-likeness (QED) is 0.856. The normalized spacial score (nSPS) is 20.9. The van der Waals surface area contributed by atoms with Gasteiger partial charge in [0.1, 0.15) is 0 Å². The smallest absolute Gasteiger partial charge is 0.231 e. The maximum atomic E-state index is 12.3. The number of hydrogen-bond acceptors (Lipinski definition) is 6. The van der Waals surface area contributed by atoms with Gasteiger partial charge < -0.3 is 14.2 Å². The Kier molecular flexibility index (Phi) is 3.92. The number of rotatable bonds is 4. The third-order valence-corrected chi connectivity index (χ3v) is 4.65. The molecular weight excluding hydrogens is 308 g/mol. The van der Waals surface area contributed by atoms with E-state index in [4.69, 9.17) is 9.26 Å². The Hall–Kier alpha value is -2.44. The van der Waals surface area contributed by atoms with E-state index in [0.29, 0.717) is 30.0 Å². The van der Waals surface area contributed by atoms with Crippen LogP contribution in [-0.2, 0) is 4.79 Å². The maximum absolute atomic E-state index is 12.3. The molecule has 2 aliphatic rings. The van der Waals surface area contributed by atoms with Crippen molar-refractivity contribution in [3.63, 3.8) is 0 Å². The van der Waals surface area contributed by atoms with Crippen molar-refractivity contribution in [3.05, 3.63) is 24.2 Å². The molecular formula is C17H20N4O3. The molecule has 0 spiro atoms. The number of carbonyl (C=O) groups excluding carboxylic acids is 1. The molecule has 2 aromatic heterocycles. The van der Waals surface area contributed by atoms with E-state index in [1.54, 1.807) is 19.4 Å². The second-order valence-electron chi connectivity index (χ2n) is 6.44. The predicted molar refractivity (Wildman–Crippen MR) is 85.4 cm³/mol. The lowest BCUT2D eigenvalue weighted by Gasteiger charge is -2.31. The van der Waals surface area contributed by atoms with Crippen LogP contribution in [-0.4, -0.2) is 46.1 Å². The van der Waals surface area contributed by atoms with E-state index in [-0.39, 0.29) is 11.8 Å². The van der Waals surface area contributed by atoms with E-state index in [0.717, 1.165) is 37.8 Å². The second kappa shape index (κ2) is 6.22. The van der Waals surface area contributed by atoms with Crippen molar-refractivity contribution in [2.24, 2.45) is 5.92 Å². The minimum absolute atomic E-state index is 0.119. The lowest BCUT2D eigenvalue weighted by atomic mass is 9.97. The topological polar surface area (TPSA) is 81.4 Å². The fraction of sp³-hybridized carbons (Fsp3) is 0.529. The summed E-state index contributed by atoms with van der Waals surface area (Å²) in [6.45, 7) is 1.52. The highest BCUT2D eigenvalue weighted by Gasteiger charge is 2.36. The number of ether oxygens (including phenoxy) is 1. The summed E-state index contributed by atoms with van der Waals surface area (Å²) in [5.74, 6) is 2.34. The fourth-order valence-electron chi connectivity index (χ4n) is 3.12. The Bertz CT molecular complexity index is 724. The lowest BCUT2D eigenvalue weighted by Crippen LogP contribution is -2.40. The molecule has 1 atom stereocenters. The molecule has 0 aromatic carbocycles. The summed E-state index contributed by atoms with van der Waals surface area (Å²) in [7, 11) is 1.58. The van der Waals surface area contributed by atoms with Crippen molar-refractivity contribution in [1.82, 2.24) is 20.0 Å². The Morgan fingerprint density at radius 1 is 1.33 bits per heavy atom. The van der Waals surface area contributed by atoms with Crippen LogP contribution in [0.5, 0.6) is 5.88 Å². The second-order valence-corrected chi connectivity index (χ2v) is 6.44. The van der Waals surface area contributed by atoms with Crippen molar-refractivity contribution < 1.29 is 14.1 Å². The summed E-state index contributed by atoms with van der Waals surface area (Å²) in [5, 5.41) is 4.06. The van der Waals surface area contributed by atoms with E-state index >= 15 is 0 Å². The highest BCUT2D eigenvalue weighted by atomic mass is 16.5. The summed E-state index contributed by atoms with van der Waals surface area (Å²) in [6, 6.07) is 3.62. The number of nitrogens with zero attached hydrogens (tertiary/aromatic N) is 4. The van der Waals surface area contributed by atoms with Crippen LogP contribution >= 0.6 is 0 Å². The van der Waals surface area contributed by atoms with Gasteiger partial charge in [-0.1, -0.05) is 5.16 Å². The van der Waals surface area contributed by atoms with Crippen molar-refractivity contribution in [1.29, 1.82) is 0 Å². The van der Waals surface area contributed by atoms with Gasteiger partial charge in [-0.3, -0.25) is 4.79 Å². The van der Waals surface area contributed by atoms with E-state index in [9.17, 15) is 4.79 Å². The van der Waals surface area contributed by atoms with Gasteiger partial charge in [0.25, 0.3) is 0 Å². The molecule has 2 fully saturated rings. The molecule has 0 N–H and O–H groups in total. The van der Waals surface area contributed by atoms with Crippen LogP contribution in [0.4, 0.5) is 0 Å². The van der Waals surface area contributed by atoms with Gasteiger partial charge in [0.2, 0.25) is 23.5 Å². The highest BCUT2D eigenvalue weighted by molar-refractivity contribution is 5.81. The molecule has 1 amide bonds. The Morgan fingerprint density at radius 2 is 2.21 bits per heavy atom. The van der Waals surface area contributed by atoms with Gasteiger partial charge in [-0.05, 0) is 31.7 Å². The van der Waals surface area contributed by atoms with Crippen molar-refractivity contribution in [2.75, 3.05) is 20.2 Å². The van der Waals surface area contributed by atoms with Crippen LogP contribution in [0.15, 0.2) is 22.9 Å². The summed E-state index contributed by atoms with van der Waals surface area (Å²) in [6.07, 6.45) is 5.68.